The van der Waals surface area contributed by atoms with E-state index >= 15 is 0 Å². The molecule has 2 nitrogen and oxygen atoms in total. The van der Waals surface area contributed by atoms with Crippen LogP contribution in [0, 0.1) is 11.2 Å². The van der Waals surface area contributed by atoms with Crippen LogP contribution in [0.15, 0.2) is 24.3 Å². The van der Waals surface area contributed by atoms with Crippen molar-refractivity contribution in [1.82, 2.24) is 10.2 Å². The fourth-order valence-corrected chi connectivity index (χ4v) is 3.34. The topological polar surface area (TPSA) is 15.3 Å². The van der Waals surface area contributed by atoms with Gasteiger partial charge in [-0.05, 0) is 55.5 Å². The van der Waals surface area contributed by atoms with E-state index in [1.807, 2.05) is 6.07 Å². The molecule has 1 aromatic carbocycles. The Morgan fingerprint density at radius 2 is 2.21 bits per heavy atom. The Bertz CT molecular complexity index is 418. The minimum absolute atomic E-state index is 0. The number of hydrogen-bond acceptors (Lipinski definition) is 2. The molecule has 2 saturated heterocycles. The zero-order valence-electron chi connectivity index (χ0n) is 11.2. The van der Waals surface area contributed by atoms with Crippen molar-refractivity contribution >= 4 is 12.4 Å². The van der Waals surface area contributed by atoms with Crippen LogP contribution in [0.25, 0.3) is 0 Å². The second kappa shape index (κ2) is 6.21. The maximum absolute atomic E-state index is 13.1. The average Bonchev–Trinajstić information content (AvgIpc) is 2.98. The van der Waals surface area contributed by atoms with E-state index in [1.54, 1.807) is 12.1 Å². The van der Waals surface area contributed by atoms with Crippen molar-refractivity contribution in [3.05, 3.63) is 35.6 Å². The van der Waals surface area contributed by atoms with Gasteiger partial charge in [-0.2, -0.15) is 0 Å². The molecule has 0 bridgehead atoms. The molecule has 2 fully saturated rings. The smallest absolute Gasteiger partial charge is 0.123 e. The summed E-state index contributed by atoms with van der Waals surface area (Å²) < 4.78 is 13.1. The van der Waals surface area contributed by atoms with Gasteiger partial charge >= 0.3 is 0 Å². The Morgan fingerprint density at radius 1 is 1.32 bits per heavy atom. The maximum Gasteiger partial charge on any atom is 0.123 e. The molecule has 2 aliphatic heterocycles. The maximum atomic E-state index is 13.1. The molecule has 0 radical (unpaired) electrons. The quantitative estimate of drug-likeness (QED) is 0.917. The van der Waals surface area contributed by atoms with Crippen molar-refractivity contribution in [2.45, 2.75) is 19.3 Å². The molecular weight excluding hydrogens is 263 g/mol. The van der Waals surface area contributed by atoms with Crippen molar-refractivity contribution in [2.24, 2.45) is 5.41 Å². The van der Waals surface area contributed by atoms with Gasteiger partial charge in [0, 0.05) is 19.6 Å². The second-order valence-corrected chi connectivity index (χ2v) is 5.83. The van der Waals surface area contributed by atoms with Gasteiger partial charge in [0.15, 0.2) is 0 Å². The lowest BCUT2D eigenvalue weighted by atomic mass is 9.87. The summed E-state index contributed by atoms with van der Waals surface area (Å²) in [6, 6.07) is 6.99. The fourth-order valence-electron chi connectivity index (χ4n) is 3.34. The van der Waals surface area contributed by atoms with Crippen LogP contribution >= 0.6 is 12.4 Å². The van der Waals surface area contributed by atoms with Crippen molar-refractivity contribution < 1.29 is 4.39 Å². The summed E-state index contributed by atoms with van der Waals surface area (Å²) in [6.07, 6.45) is 3.61. The Balaban J connectivity index is 0.00000133. The van der Waals surface area contributed by atoms with Gasteiger partial charge in [0.05, 0.1) is 0 Å². The predicted molar refractivity (Wildman–Crippen MR) is 78.3 cm³/mol. The molecule has 19 heavy (non-hydrogen) atoms. The van der Waals surface area contributed by atoms with Gasteiger partial charge in [0.25, 0.3) is 0 Å². The first kappa shape index (κ1) is 14.8. The number of benzene rings is 1. The van der Waals surface area contributed by atoms with Crippen LogP contribution < -0.4 is 5.32 Å². The SMILES string of the molecule is Cl.Fc1cccc(CCN2CCC3(CCNC3)C2)c1. The highest BCUT2D eigenvalue weighted by Crippen LogP contribution is 2.35. The van der Waals surface area contributed by atoms with Crippen molar-refractivity contribution in [3.8, 4) is 0 Å². The summed E-state index contributed by atoms with van der Waals surface area (Å²) in [7, 11) is 0. The van der Waals surface area contributed by atoms with Gasteiger partial charge in [-0.3, -0.25) is 0 Å². The molecule has 0 amide bonds. The van der Waals surface area contributed by atoms with Crippen LogP contribution in [-0.2, 0) is 6.42 Å². The number of likely N-dealkylation sites (tertiary alicyclic amines) is 1. The van der Waals surface area contributed by atoms with E-state index in [0.717, 1.165) is 18.5 Å². The highest BCUT2D eigenvalue weighted by molar-refractivity contribution is 5.85. The van der Waals surface area contributed by atoms with Gasteiger partial charge in [-0.15, -0.1) is 12.4 Å². The molecule has 1 N–H and O–H groups in total. The van der Waals surface area contributed by atoms with Crippen LogP contribution in [0.4, 0.5) is 4.39 Å². The molecule has 106 valence electrons. The van der Waals surface area contributed by atoms with Crippen LogP contribution in [0.5, 0.6) is 0 Å². The lowest BCUT2D eigenvalue weighted by Gasteiger charge is -2.22. The molecule has 3 rings (SSSR count). The summed E-state index contributed by atoms with van der Waals surface area (Å²) in [5.74, 6) is -0.120. The second-order valence-electron chi connectivity index (χ2n) is 5.83. The predicted octanol–water partition coefficient (Wildman–Crippen LogP) is 2.48. The molecule has 1 unspecified atom stereocenters. The molecule has 1 aromatic rings. The summed E-state index contributed by atoms with van der Waals surface area (Å²) >= 11 is 0. The lowest BCUT2D eigenvalue weighted by Crippen LogP contribution is -2.30. The van der Waals surface area contributed by atoms with E-state index < -0.39 is 0 Å². The normalized spacial score (nSPS) is 26.8. The van der Waals surface area contributed by atoms with Crippen LogP contribution in [0.1, 0.15) is 18.4 Å². The van der Waals surface area contributed by atoms with Crippen LogP contribution in [0.3, 0.4) is 0 Å². The minimum atomic E-state index is -0.120. The van der Waals surface area contributed by atoms with Crippen molar-refractivity contribution in [3.63, 3.8) is 0 Å². The van der Waals surface area contributed by atoms with E-state index in [0.29, 0.717) is 5.41 Å². The Labute approximate surface area is 120 Å². The first-order valence-corrected chi connectivity index (χ1v) is 6.93. The van der Waals surface area contributed by atoms with Gasteiger partial charge in [0.2, 0.25) is 0 Å². The van der Waals surface area contributed by atoms with E-state index in [-0.39, 0.29) is 18.2 Å². The monoisotopic (exact) mass is 284 g/mol. The van der Waals surface area contributed by atoms with Gasteiger partial charge in [0.1, 0.15) is 5.82 Å². The minimum Gasteiger partial charge on any atom is -0.316 e. The first-order chi connectivity index (χ1) is 8.76. The van der Waals surface area contributed by atoms with E-state index in [2.05, 4.69) is 10.2 Å². The molecule has 1 atom stereocenters. The standard InChI is InChI=1S/C15H21FN2.ClH/c16-14-3-1-2-13(10-14)4-8-18-9-6-15(12-18)5-7-17-11-15;/h1-3,10,17H,4-9,11-12H2;1H. The molecule has 4 heteroatoms. The summed E-state index contributed by atoms with van der Waals surface area (Å²) in [5.41, 5.74) is 1.66. The summed E-state index contributed by atoms with van der Waals surface area (Å²) in [4.78, 5) is 2.54. The van der Waals surface area contributed by atoms with E-state index in [1.165, 1.54) is 45.1 Å². The number of rotatable bonds is 3. The van der Waals surface area contributed by atoms with Gasteiger partial charge in [-0.1, -0.05) is 12.1 Å². The van der Waals surface area contributed by atoms with E-state index in [9.17, 15) is 4.39 Å². The molecule has 1 spiro atoms. The third-order valence-electron chi connectivity index (χ3n) is 4.46. The number of nitrogens with one attached hydrogen (secondary N) is 1. The fraction of sp³-hybridized carbons (Fsp3) is 0.600. The zero-order chi connectivity index (χ0) is 12.4. The largest absolute Gasteiger partial charge is 0.316 e. The average molecular weight is 285 g/mol. The van der Waals surface area contributed by atoms with Gasteiger partial charge < -0.3 is 10.2 Å². The summed E-state index contributed by atoms with van der Waals surface area (Å²) in [5, 5.41) is 3.48. The van der Waals surface area contributed by atoms with Crippen molar-refractivity contribution in [1.29, 1.82) is 0 Å². The van der Waals surface area contributed by atoms with Gasteiger partial charge in [-0.25, -0.2) is 4.39 Å². The lowest BCUT2D eigenvalue weighted by molar-refractivity contribution is 0.277. The number of halogens is 2. The molecule has 0 aromatic heterocycles. The Hall–Kier alpha value is -0.640. The Kier molecular flexibility index (Phi) is 4.82. The number of hydrogen-bond donors (Lipinski definition) is 1. The molecular formula is C15H22ClFN2. The zero-order valence-corrected chi connectivity index (χ0v) is 12.0. The molecule has 2 heterocycles. The molecule has 0 aliphatic carbocycles. The molecule has 2 aliphatic rings. The third kappa shape index (κ3) is 3.47. The Morgan fingerprint density at radius 3 is 2.95 bits per heavy atom. The third-order valence-corrected chi connectivity index (χ3v) is 4.46. The summed E-state index contributed by atoms with van der Waals surface area (Å²) in [6.45, 7) is 5.85. The number of nitrogens with zero attached hydrogens (tertiary/aromatic N) is 1. The van der Waals surface area contributed by atoms with Crippen LogP contribution in [0.2, 0.25) is 0 Å². The highest BCUT2D eigenvalue weighted by Gasteiger charge is 2.39. The van der Waals surface area contributed by atoms with Crippen molar-refractivity contribution in [2.75, 3.05) is 32.7 Å². The first-order valence-electron chi connectivity index (χ1n) is 6.93. The highest BCUT2D eigenvalue weighted by atomic mass is 35.5. The van der Waals surface area contributed by atoms with E-state index in [4.69, 9.17) is 0 Å². The van der Waals surface area contributed by atoms with Crippen LogP contribution in [-0.4, -0.2) is 37.6 Å². The molecule has 0 saturated carbocycles.